The highest BCUT2D eigenvalue weighted by atomic mass is 16.6. The van der Waals surface area contributed by atoms with Gasteiger partial charge in [0.05, 0.1) is 10.6 Å². The summed E-state index contributed by atoms with van der Waals surface area (Å²) in [4.78, 5) is 38.5. The highest BCUT2D eigenvalue weighted by molar-refractivity contribution is 6.16. The molecule has 0 radical (unpaired) electrons. The molecular weight excluding hydrogens is 322 g/mol. The average Bonchev–Trinajstić information content (AvgIpc) is 2.54. The van der Waals surface area contributed by atoms with Gasteiger partial charge in [-0.2, -0.15) is 0 Å². The summed E-state index contributed by atoms with van der Waals surface area (Å²) in [6, 6.07) is 4.71. The van der Waals surface area contributed by atoms with Crippen molar-refractivity contribution in [3.8, 4) is 0 Å². The number of benzene rings is 1. The molecule has 0 atom stereocenters. The van der Waals surface area contributed by atoms with Gasteiger partial charge in [0.2, 0.25) is 11.8 Å². The van der Waals surface area contributed by atoms with E-state index in [-0.39, 0.29) is 17.5 Å². The molecule has 2 fully saturated rings. The number of amides is 2. The lowest BCUT2D eigenvalue weighted by Gasteiger charge is -2.28. The molecule has 0 aromatic heterocycles. The molecule has 0 N–H and O–H groups in total. The van der Waals surface area contributed by atoms with Crippen LogP contribution in [0.5, 0.6) is 0 Å². The normalized spacial score (nSPS) is 19.5. The Kier molecular flexibility index (Phi) is 5.31. The highest BCUT2D eigenvalue weighted by Crippen LogP contribution is 2.35. The van der Waals surface area contributed by atoms with Gasteiger partial charge in [-0.25, -0.2) is 0 Å². The second kappa shape index (κ2) is 7.63. The van der Waals surface area contributed by atoms with E-state index in [0.29, 0.717) is 30.6 Å². The van der Waals surface area contributed by atoms with Crippen LogP contribution in [-0.2, 0) is 9.59 Å². The van der Waals surface area contributed by atoms with Gasteiger partial charge in [0.15, 0.2) is 0 Å². The smallest absolute Gasteiger partial charge is 0.294 e. The van der Waals surface area contributed by atoms with Crippen LogP contribution in [0.25, 0.3) is 0 Å². The fourth-order valence-corrected chi connectivity index (χ4v) is 3.59. The van der Waals surface area contributed by atoms with Crippen LogP contribution in [0.1, 0.15) is 51.4 Å². The van der Waals surface area contributed by atoms with Crippen molar-refractivity contribution in [2.45, 2.75) is 51.4 Å². The van der Waals surface area contributed by atoms with Gasteiger partial charge < -0.3 is 4.90 Å². The van der Waals surface area contributed by atoms with Crippen LogP contribution >= 0.6 is 0 Å². The number of imide groups is 1. The number of rotatable bonds is 3. The van der Waals surface area contributed by atoms with Gasteiger partial charge in [-0.3, -0.25) is 24.6 Å². The summed E-state index contributed by atoms with van der Waals surface area (Å²) >= 11 is 0. The summed E-state index contributed by atoms with van der Waals surface area (Å²) < 4.78 is 0. The Labute approximate surface area is 146 Å². The molecule has 3 rings (SSSR count). The Bertz CT molecular complexity index is 665. The third-order valence-electron chi connectivity index (χ3n) is 4.89. The summed E-state index contributed by atoms with van der Waals surface area (Å²) in [7, 11) is 0. The molecule has 2 aliphatic rings. The highest BCUT2D eigenvalue weighted by Gasteiger charge is 2.30. The molecule has 2 amide bonds. The predicted molar refractivity (Wildman–Crippen MR) is 94.7 cm³/mol. The number of nitro groups is 1. The van der Waals surface area contributed by atoms with Crippen LogP contribution in [0.2, 0.25) is 0 Å². The van der Waals surface area contributed by atoms with E-state index in [9.17, 15) is 19.7 Å². The first kappa shape index (κ1) is 17.4. The van der Waals surface area contributed by atoms with Crippen LogP contribution in [0.15, 0.2) is 18.2 Å². The summed E-state index contributed by atoms with van der Waals surface area (Å²) in [5.41, 5.74) is 0.842. The van der Waals surface area contributed by atoms with E-state index in [1.54, 1.807) is 12.1 Å². The quantitative estimate of drug-likeness (QED) is 0.476. The van der Waals surface area contributed by atoms with Gasteiger partial charge in [-0.1, -0.05) is 19.3 Å². The second-order valence-corrected chi connectivity index (χ2v) is 6.66. The van der Waals surface area contributed by atoms with Crippen LogP contribution in [0.4, 0.5) is 17.1 Å². The van der Waals surface area contributed by atoms with Crippen molar-refractivity contribution in [3.05, 3.63) is 28.3 Å². The molecule has 7 nitrogen and oxygen atoms in total. The van der Waals surface area contributed by atoms with Crippen molar-refractivity contribution in [1.82, 2.24) is 0 Å². The topological polar surface area (TPSA) is 83.8 Å². The fourth-order valence-electron chi connectivity index (χ4n) is 3.59. The van der Waals surface area contributed by atoms with Crippen LogP contribution in [0.3, 0.4) is 0 Å². The summed E-state index contributed by atoms with van der Waals surface area (Å²) in [6.45, 7) is 1.59. The SMILES string of the molecule is O=C1CCCC(=O)N1c1ccc(N2CCCCCCC2)c([N+](=O)[O-])c1. The number of nitro benzene ring substituents is 1. The fraction of sp³-hybridized carbons (Fsp3) is 0.556. The zero-order valence-corrected chi connectivity index (χ0v) is 14.3. The van der Waals surface area contributed by atoms with Crippen LogP contribution < -0.4 is 9.80 Å². The Morgan fingerprint density at radius 3 is 2.08 bits per heavy atom. The van der Waals surface area contributed by atoms with Crippen molar-refractivity contribution in [2.24, 2.45) is 0 Å². The van der Waals surface area contributed by atoms with Gasteiger partial charge in [-0.05, 0) is 31.4 Å². The number of piperidine rings is 1. The summed E-state index contributed by atoms with van der Waals surface area (Å²) in [5, 5.41) is 11.6. The molecule has 0 bridgehead atoms. The molecule has 2 heterocycles. The minimum Gasteiger partial charge on any atom is -0.366 e. The van der Waals surface area contributed by atoms with Gasteiger partial charge in [0, 0.05) is 32.0 Å². The Morgan fingerprint density at radius 1 is 0.880 bits per heavy atom. The monoisotopic (exact) mass is 345 g/mol. The number of carbonyl (C=O) groups excluding carboxylic acids is 2. The Hall–Kier alpha value is -2.44. The number of anilines is 2. The van der Waals surface area contributed by atoms with Crippen molar-refractivity contribution < 1.29 is 14.5 Å². The van der Waals surface area contributed by atoms with Gasteiger partial charge in [-0.15, -0.1) is 0 Å². The molecule has 134 valence electrons. The van der Waals surface area contributed by atoms with Gasteiger partial charge in [0.1, 0.15) is 5.69 Å². The maximum atomic E-state index is 12.1. The van der Waals surface area contributed by atoms with Crippen molar-refractivity contribution >= 4 is 28.9 Å². The molecule has 0 spiro atoms. The van der Waals surface area contributed by atoms with E-state index in [4.69, 9.17) is 0 Å². The predicted octanol–water partition coefficient (Wildman–Crippen LogP) is 3.41. The molecule has 1 aromatic rings. The molecule has 1 aromatic carbocycles. The third-order valence-corrected chi connectivity index (χ3v) is 4.89. The molecular formula is C18H23N3O4. The molecule has 2 saturated heterocycles. The Balaban J connectivity index is 1.93. The summed E-state index contributed by atoms with van der Waals surface area (Å²) in [6.07, 6.45) is 6.67. The molecule has 0 saturated carbocycles. The van der Waals surface area contributed by atoms with Crippen molar-refractivity contribution in [1.29, 1.82) is 0 Å². The number of hydrogen-bond acceptors (Lipinski definition) is 5. The molecule has 25 heavy (non-hydrogen) atoms. The zero-order chi connectivity index (χ0) is 17.8. The molecule has 0 unspecified atom stereocenters. The maximum absolute atomic E-state index is 12.1. The molecule has 7 heteroatoms. The third kappa shape index (κ3) is 3.81. The molecule has 0 aliphatic carbocycles. The van der Waals surface area contributed by atoms with E-state index >= 15 is 0 Å². The van der Waals surface area contributed by atoms with Crippen molar-refractivity contribution in [3.63, 3.8) is 0 Å². The first-order valence-corrected chi connectivity index (χ1v) is 8.97. The number of carbonyl (C=O) groups is 2. The van der Waals surface area contributed by atoms with E-state index < -0.39 is 4.92 Å². The van der Waals surface area contributed by atoms with Crippen LogP contribution in [-0.4, -0.2) is 29.8 Å². The minimum absolute atomic E-state index is 0.0377. The van der Waals surface area contributed by atoms with Crippen LogP contribution in [0, 0.1) is 10.1 Å². The lowest BCUT2D eigenvalue weighted by Crippen LogP contribution is -2.40. The first-order valence-electron chi connectivity index (χ1n) is 8.97. The summed E-state index contributed by atoms with van der Waals surface area (Å²) in [5.74, 6) is -0.575. The van der Waals surface area contributed by atoms with Gasteiger partial charge in [0.25, 0.3) is 5.69 Å². The van der Waals surface area contributed by atoms with Crippen molar-refractivity contribution in [2.75, 3.05) is 22.9 Å². The Morgan fingerprint density at radius 2 is 1.48 bits per heavy atom. The number of nitrogens with zero attached hydrogens (tertiary/aromatic N) is 3. The lowest BCUT2D eigenvalue weighted by molar-refractivity contribution is -0.384. The average molecular weight is 345 g/mol. The van der Waals surface area contributed by atoms with E-state index in [1.807, 2.05) is 0 Å². The first-order chi connectivity index (χ1) is 12.1. The zero-order valence-electron chi connectivity index (χ0n) is 14.3. The van der Waals surface area contributed by atoms with E-state index in [0.717, 1.165) is 43.7 Å². The molecule has 2 aliphatic heterocycles. The maximum Gasteiger partial charge on any atom is 0.294 e. The lowest BCUT2D eigenvalue weighted by atomic mass is 10.1. The van der Waals surface area contributed by atoms with E-state index in [2.05, 4.69) is 4.90 Å². The largest absolute Gasteiger partial charge is 0.366 e. The number of hydrogen-bond donors (Lipinski definition) is 0. The second-order valence-electron chi connectivity index (χ2n) is 6.66. The minimum atomic E-state index is -0.420. The standard InChI is InChI=1S/C18H23N3O4/c22-17-7-6-8-18(23)20(17)14-9-10-15(16(13-14)21(24)25)19-11-4-2-1-3-5-12-19/h9-10,13H,1-8,11-12H2. The van der Waals surface area contributed by atoms with Gasteiger partial charge >= 0.3 is 0 Å². The van der Waals surface area contributed by atoms with E-state index in [1.165, 1.54) is 12.5 Å².